The molecule has 0 aliphatic heterocycles. The topological polar surface area (TPSA) is 70.5 Å². The van der Waals surface area contributed by atoms with Crippen LogP contribution in [0.15, 0.2) is 84.9 Å². The number of rotatable bonds is 6. The zero-order valence-electron chi connectivity index (χ0n) is 17.2. The number of anilines is 2. The van der Waals surface area contributed by atoms with Crippen molar-refractivity contribution in [2.24, 2.45) is 0 Å². The summed E-state index contributed by atoms with van der Waals surface area (Å²) in [4.78, 5) is 0. The lowest BCUT2D eigenvalue weighted by atomic mass is 10.1. The minimum Gasteiger partial charge on any atom is -0.489 e. The summed E-state index contributed by atoms with van der Waals surface area (Å²) in [6, 6.07) is 28.2. The highest BCUT2D eigenvalue weighted by atomic mass is 16.5. The molecule has 154 valence electrons. The summed E-state index contributed by atoms with van der Waals surface area (Å²) < 4.78 is 12.0. The smallest absolute Gasteiger partial charge is 0.120 e. The molecule has 0 fully saturated rings. The highest BCUT2D eigenvalue weighted by Crippen LogP contribution is 2.40. The molecule has 4 aromatic rings. The summed E-state index contributed by atoms with van der Waals surface area (Å²) in [7, 11) is 0. The van der Waals surface area contributed by atoms with Crippen LogP contribution in [0.1, 0.15) is 22.3 Å². The van der Waals surface area contributed by atoms with Crippen molar-refractivity contribution >= 4 is 11.4 Å². The number of benzene rings is 4. The van der Waals surface area contributed by atoms with Crippen LogP contribution in [0.3, 0.4) is 0 Å². The molecule has 4 heteroatoms. The number of ether oxygens (including phenoxy) is 2. The van der Waals surface area contributed by atoms with Gasteiger partial charge in [-0.05, 0) is 88.3 Å². The molecule has 4 aromatic carbocycles. The van der Waals surface area contributed by atoms with E-state index in [2.05, 4.69) is 24.3 Å². The molecule has 0 saturated carbocycles. The van der Waals surface area contributed by atoms with E-state index in [0.29, 0.717) is 13.2 Å². The number of hydrogen-bond donors (Lipinski definition) is 2. The van der Waals surface area contributed by atoms with Crippen molar-refractivity contribution in [3.8, 4) is 22.6 Å². The van der Waals surface area contributed by atoms with Gasteiger partial charge < -0.3 is 20.9 Å². The second kappa shape index (κ2) is 8.07. The molecule has 0 bridgehead atoms. The first-order valence-electron chi connectivity index (χ1n) is 10.3. The van der Waals surface area contributed by atoms with Crippen LogP contribution in [-0.2, 0) is 19.6 Å². The van der Waals surface area contributed by atoms with Crippen LogP contribution >= 0.6 is 0 Å². The first-order valence-corrected chi connectivity index (χ1v) is 10.3. The molecule has 0 heterocycles. The average Bonchev–Trinajstić information content (AvgIpc) is 3.15. The maximum absolute atomic E-state index is 6.00. The highest BCUT2D eigenvalue weighted by Gasteiger charge is 2.19. The molecule has 5 rings (SSSR count). The average molecular weight is 409 g/mol. The van der Waals surface area contributed by atoms with Crippen LogP contribution in [0, 0.1) is 0 Å². The molecule has 0 amide bonds. The molecule has 1 aliphatic carbocycles. The summed E-state index contributed by atoms with van der Waals surface area (Å²) in [5.74, 6) is 1.76. The fourth-order valence-electron chi connectivity index (χ4n) is 3.90. The van der Waals surface area contributed by atoms with Gasteiger partial charge in [-0.3, -0.25) is 0 Å². The molecule has 4 nitrogen and oxygen atoms in total. The molecule has 31 heavy (non-hydrogen) atoms. The zero-order chi connectivity index (χ0) is 21.2. The van der Waals surface area contributed by atoms with E-state index in [-0.39, 0.29) is 0 Å². The van der Waals surface area contributed by atoms with Gasteiger partial charge in [0, 0.05) is 11.4 Å². The molecule has 0 spiro atoms. The first kappa shape index (κ1) is 19.1. The highest BCUT2D eigenvalue weighted by molar-refractivity contribution is 5.78. The Morgan fingerprint density at radius 3 is 1.39 bits per heavy atom. The van der Waals surface area contributed by atoms with Gasteiger partial charge in [-0.1, -0.05) is 36.4 Å². The van der Waals surface area contributed by atoms with Crippen molar-refractivity contribution in [2.45, 2.75) is 19.6 Å². The quantitative estimate of drug-likeness (QED) is 0.360. The van der Waals surface area contributed by atoms with Gasteiger partial charge in [-0.15, -0.1) is 0 Å². The Morgan fingerprint density at radius 2 is 0.968 bits per heavy atom. The van der Waals surface area contributed by atoms with Gasteiger partial charge in [-0.25, -0.2) is 0 Å². The number of hydrogen-bond acceptors (Lipinski definition) is 4. The maximum Gasteiger partial charge on any atom is 0.120 e. The van der Waals surface area contributed by atoms with Crippen molar-refractivity contribution in [1.29, 1.82) is 0 Å². The van der Waals surface area contributed by atoms with Crippen LogP contribution in [-0.4, -0.2) is 0 Å². The van der Waals surface area contributed by atoms with Gasteiger partial charge >= 0.3 is 0 Å². The molecule has 0 atom stereocenters. The summed E-state index contributed by atoms with van der Waals surface area (Å²) in [6.07, 6.45) is 0.878. The predicted molar refractivity (Wildman–Crippen MR) is 125 cm³/mol. The Kier molecular flexibility index (Phi) is 4.97. The van der Waals surface area contributed by atoms with E-state index < -0.39 is 0 Å². The van der Waals surface area contributed by atoms with E-state index >= 15 is 0 Å². The van der Waals surface area contributed by atoms with E-state index in [9.17, 15) is 0 Å². The van der Waals surface area contributed by atoms with Gasteiger partial charge in [0.25, 0.3) is 0 Å². The molecule has 0 saturated heterocycles. The summed E-state index contributed by atoms with van der Waals surface area (Å²) in [5.41, 5.74) is 20.3. The summed E-state index contributed by atoms with van der Waals surface area (Å²) in [5, 5.41) is 0. The predicted octanol–water partition coefficient (Wildman–Crippen LogP) is 5.58. The molecular weight excluding hydrogens is 384 g/mol. The van der Waals surface area contributed by atoms with E-state index in [4.69, 9.17) is 20.9 Å². The third-order valence-corrected chi connectivity index (χ3v) is 5.59. The SMILES string of the molecule is Nc1ccc(COc2ccc3c(c2)Cc2cc(OCc4ccc(N)cc4)ccc2-3)cc1. The Labute approximate surface area is 182 Å². The third kappa shape index (κ3) is 4.19. The molecule has 0 radical (unpaired) electrons. The summed E-state index contributed by atoms with van der Waals surface area (Å²) >= 11 is 0. The number of nitrogen functional groups attached to an aromatic ring is 2. The van der Waals surface area contributed by atoms with Crippen molar-refractivity contribution in [1.82, 2.24) is 0 Å². The maximum atomic E-state index is 6.00. The van der Waals surface area contributed by atoms with E-state index in [1.807, 2.05) is 60.7 Å². The van der Waals surface area contributed by atoms with Crippen LogP contribution < -0.4 is 20.9 Å². The molecule has 0 unspecified atom stereocenters. The van der Waals surface area contributed by atoms with Crippen molar-refractivity contribution in [2.75, 3.05) is 11.5 Å². The minimum atomic E-state index is 0.523. The van der Waals surface area contributed by atoms with Gasteiger partial charge in [0.1, 0.15) is 24.7 Å². The second-order valence-corrected chi connectivity index (χ2v) is 7.88. The fourth-order valence-corrected chi connectivity index (χ4v) is 3.90. The lowest BCUT2D eigenvalue weighted by Gasteiger charge is -2.09. The standard InChI is InChI=1S/C27H24N2O2/c28-22-5-1-18(2-6-22)16-30-24-9-11-26-20(14-24)13-21-15-25(10-12-27(21)26)31-17-19-3-7-23(29)8-4-19/h1-12,14-15H,13,16-17,28-29H2. The van der Waals surface area contributed by atoms with Gasteiger partial charge in [0.05, 0.1) is 0 Å². The van der Waals surface area contributed by atoms with Crippen molar-refractivity contribution < 1.29 is 9.47 Å². The lowest BCUT2D eigenvalue weighted by molar-refractivity contribution is 0.306. The number of fused-ring (bicyclic) bond motifs is 3. The lowest BCUT2D eigenvalue weighted by Crippen LogP contribution is -1.96. The Balaban J connectivity index is 1.26. The minimum absolute atomic E-state index is 0.523. The normalized spacial score (nSPS) is 11.6. The molecular formula is C27H24N2O2. The van der Waals surface area contributed by atoms with E-state index in [0.717, 1.165) is 40.4 Å². The third-order valence-electron chi connectivity index (χ3n) is 5.59. The van der Waals surface area contributed by atoms with Crippen LogP contribution in [0.25, 0.3) is 11.1 Å². The Hall–Kier alpha value is -3.92. The second-order valence-electron chi connectivity index (χ2n) is 7.88. The molecule has 1 aliphatic rings. The molecule has 4 N–H and O–H groups in total. The summed E-state index contributed by atoms with van der Waals surface area (Å²) in [6.45, 7) is 1.05. The first-order chi connectivity index (χ1) is 15.1. The van der Waals surface area contributed by atoms with Gasteiger partial charge in [-0.2, -0.15) is 0 Å². The largest absolute Gasteiger partial charge is 0.489 e. The Bertz CT molecular complexity index is 1120. The Morgan fingerprint density at radius 1 is 0.548 bits per heavy atom. The van der Waals surface area contributed by atoms with E-state index in [1.54, 1.807) is 0 Å². The molecule has 0 aromatic heterocycles. The van der Waals surface area contributed by atoms with Crippen LogP contribution in [0.2, 0.25) is 0 Å². The van der Waals surface area contributed by atoms with Crippen LogP contribution in [0.5, 0.6) is 11.5 Å². The van der Waals surface area contributed by atoms with Gasteiger partial charge in [0.15, 0.2) is 0 Å². The van der Waals surface area contributed by atoms with Crippen LogP contribution in [0.4, 0.5) is 11.4 Å². The van der Waals surface area contributed by atoms with Gasteiger partial charge in [0.2, 0.25) is 0 Å². The zero-order valence-corrected chi connectivity index (χ0v) is 17.2. The fraction of sp³-hybridized carbons (Fsp3) is 0.111. The van der Waals surface area contributed by atoms with E-state index in [1.165, 1.54) is 22.3 Å². The van der Waals surface area contributed by atoms with Crippen molar-refractivity contribution in [3.05, 3.63) is 107 Å². The monoisotopic (exact) mass is 408 g/mol. The van der Waals surface area contributed by atoms with Crippen molar-refractivity contribution in [3.63, 3.8) is 0 Å². The number of nitrogens with two attached hydrogens (primary N) is 2.